The highest BCUT2D eigenvalue weighted by Crippen LogP contribution is 2.14. The second kappa shape index (κ2) is 6.67. The molecule has 7 heteroatoms. The number of para-hydroxylation sites is 1. The fourth-order valence-electron chi connectivity index (χ4n) is 1.61. The first kappa shape index (κ1) is 14.0. The quantitative estimate of drug-likeness (QED) is 0.787. The summed E-state index contributed by atoms with van der Waals surface area (Å²) in [5, 5.41) is 16.1. The van der Waals surface area contributed by atoms with E-state index >= 15 is 0 Å². The number of rotatable bonds is 5. The Morgan fingerprint density at radius 1 is 1.30 bits per heavy atom. The topological polar surface area (TPSA) is 91.3 Å². The largest absolute Gasteiger partial charge is 0.478 e. The predicted molar refractivity (Wildman–Crippen MR) is 76.2 cm³/mol. The molecule has 0 saturated carbocycles. The van der Waals surface area contributed by atoms with Crippen molar-refractivity contribution >= 4 is 29.0 Å². The number of aromatic nitrogens is 1. The minimum Gasteiger partial charge on any atom is -0.478 e. The van der Waals surface area contributed by atoms with E-state index in [9.17, 15) is 9.59 Å². The number of hydrogen-bond acceptors (Lipinski definition) is 4. The number of carboxylic acid groups (broad SMARTS) is 1. The lowest BCUT2D eigenvalue weighted by Crippen LogP contribution is -2.31. The first-order valence-corrected chi connectivity index (χ1v) is 6.85. The van der Waals surface area contributed by atoms with Crippen LogP contribution >= 0.6 is 11.3 Å². The van der Waals surface area contributed by atoms with Crippen molar-refractivity contribution in [2.45, 2.75) is 6.42 Å². The average Bonchev–Trinajstić information content (AvgIpc) is 2.92. The van der Waals surface area contributed by atoms with Gasteiger partial charge in [-0.1, -0.05) is 12.1 Å². The summed E-state index contributed by atoms with van der Waals surface area (Å²) in [5.74, 6) is -1.08. The van der Waals surface area contributed by atoms with E-state index in [1.165, 1.54) is 17.4 Å². The number of amides is 2. The van der Waals surface area contributed by atoms with Crippen molar-refractivity contribution < 1.29 is 14.7 Å². The zero-order chi connectivity index (χ0) is 14.4. The molecule has 0 aliphatic carbocycles. The molecule has 1 aromatic heterocycles. The summed E-state index contributed by atoms with van der Waals surface area (Å²) in [5.41, 5.74) is 2.98. The fraction of sp³-hybridized carbons (Fsp3) is 0.154. The third-order valence-electron chi connectivity index (χ3n) is 2.56. The molecule has 104 valence electrons. The number of hydrogen-bond donors (Lipinski definition) is 3. The van der Waals surface area contributed by atoms with Crippen LogP contribution in [-0.2, 0) is 6.42 Å². The molecule has 0 radical (unpaired) electrons. The smallest absolute Gasteiger partial charge is 0.337 e. The Kier molecular flexibility index (Phi) is 4.67. The third-order valence-corrected chi connectivity index (χ3v) is 3.19. The van der Waals surface area contributed by atoms with Gasteiger partial charge < -0.3 is 15.7 Å². The maximum atomic E-state index is 11.7. The van der Waals surface area contributed by atoms with Crippen LogP contribution in [0.1, 0.15) is 16.1 Å². The summed E-state index contributed by atoms with van der Waals surface area (Å²) in [7, 11) is 0. The van der Waals surface area contributed by atoms with Crippen molar-refractivity contribution in [1.82, 2.24) is 10.3 Å². The molecular weight excluding hydrogens is 278 g/mol. The fourth-order valence-corrected chi connectivity index (χ4v) is 2.20. The van der Waals surface area contributed by atoms with Gasteiger partial charge in [0, 0.05) is 18.3 Å². The van der Waals surface area contributed by atoms with Crippen molar-refractivity contribution in [1.29, 1.82) is 0 Å². The SMILES string of the molecule is O=C(NCCc1cscn1)Nc1ccccc1C(=O)O. The van der Waals surface area contributed by atoms with E-state index in [2.05, 4.69) is 15.6 Å². The van der Waals surface area contributed by atoms with Gasteiger partial charge in [-0.25, -0.2) is 14.6 Å². The van der Waals surface area contributed by atoms with Crippen LogP contribution in [0.5, 0.6) is 0 Å². The minimum absolute atomic E-state index is 0.0575. The van der Waals surface area contributed by atoms with Crippen LogP contribution in [0.15, 0.2) is 35.2 Å². The van der Waals surface area contributed by atoms with Crippen LogP contribution in [0, 0.1) is 0 Å². The summed E-state index contributed by atoms with van der Waals surface area (Å²) in [4.78, 5) is 26.8. The molecule has 2 aromatic rings. The molecule has 1 heterocycles. The first-order chi connectivity index (χ1) is 9.66. The summed E-state index contributed by atoms with van der Waals surface area (Å²) in [6.07, 6.45) is 0.636. The highest BCUT2D eigenvalue weighted by Gasteiger charge is 2.11. The zero-order valence-electron chi connectivity index (χ0n) is 10.5. The van der Waals surface area contributed by atoms with Gasteiger partial charge in [0.05, 0.1) is 22.5 Å². The molecule has 0 aliphatic heterocycles. The van der Waals surface area contributed by atoms with Crippen molar-refractivity contribution in [3.8, 4) is 0 Å². The summed E-state index contributed by atoms with van der Waals surface area (Å²) in [6.45, 7) is 0.435. The number of aromatic carboxylic acids is 1. The summed E-state index contributed by atoms with van der Waals surface area (Å²) in [6, 6.07) is 5.82. The molecule has 20 heavy (non-hydrogen) atoms. The van der Waals surface area contributed by atoms with Gasteiger partial charge in [-0.3, -0.25) is 0 Å². The lowest BCUT2D eigenvalue weighted by molar-refractivity contribution is 0.0698. The minimum atomic E-state index is -1.08. The van der Waals surface area contributed by atoms with Gasteiger partial charge in [-0.15, -0.1) is 11.3 Å². The Balaban J connectivity index is 1.87. The van der Waals surface area contributed by atoms with E-state index in [0.717, 1.165) is 5.69 Å². The molecular formula is C13H13N3O3S. The number of nitrogens with zero attached hydrogens (tertiary/aromatic N) is 1. The number of anilines is 1. The molecule has 1 aromatic carbocycles. The number of carbonyl (C=O) groups is 2. The zero-order valence-corrected chi connectivity index (χ0v) is 11.3. The van der Waals surface area contributed by atoms with E-state index in [0.29, 0.717) is 13.0 Å². The molecule has 0 atom stereocenters. The van der Waals surface area contributed by atoms with E-state index < -0.39 is 12.0 Å². The van der Waals surface area contributed by atoms with E-state index in [1.807, 2.05) is 5.38 Å². The van der Waals surface area contributed by atoms with Gasteiger partial charge in [0.15, 0.2) is 0 Å². The van der Waals surface area contributed by atoms with Crippen molar-refractivity contribution in [3.63, 3.8) is 0 Å². The van der Waals surface area contributed by atoms with Gasteiger partial charge >= 0.3 is 12.0 Å². The van der Waals surface area contributed by atoms with Crippen LogP contribution in [-0.4, -0.2) is 28.6 Å². The molecule has 0 aliphatic rings. The van der Waals surface area contributed by atoms with Gasteiger partial charge in [0.2, 0.25) is 0 Å². The number of urea groups is 1. The van der Waals surface area contributed by atoms with Crippen molar-refractivity contribution in [3.05, 3.63) is 46.4 Å². The summed E-state index contributed by atoms with van der Waals surface area (Å²) >= 11 is 1.50. The lowest BCUT2D eigenvalue weighted by atomic mass is 10.2. The highest BCUT2D eigenvalue weighted by molar-refractivity contribution is 7.07. The van der Waals surface area contributed by atoms with Gasteiger partial charge in [-0.2, -0.15) is 0 Å². The summed E-state index contributed by atoms with van der Waals surface area (Å²) < 4.78 is 0. The average molecular weight is 291 g/mol. The molecule has 0 saturated heterocycles. The Morgan fingerprint density at radius 2 is 2.10 bits per heavy atom. The van der Waals surface area contributed by atoms with E-state index in [1.54, 1.807) is 23.7 Å². The van der Waals surface area contributed by atoms with Gasteiger partial charge in [0.25, 0.3) is 0 Å². The van der Waals surface area contributed by atoms with E-state index in [-0.39, 0.29) is 11.3 Å². The van der Waals surface area contributed by atoms with Crippen LogP contribution < -0.4 is 10.6 Å². The van der Waals surface area contributed by atoms with Crippen LogP contribution in [0.2, 0.25) is 0 Å². The number of thiazole rings is 1. The normalized spacial score (nSPS) is 10.0. The molecule has 2 rings (SSSR count). The number of carbonyl (C=O) groups excluding carboxylic acids is 1. The van der Waals surface area contributed by atoms with Gasteiger partial charge in [-0.05, 0) is 12.1 Å². The third kappa shape index (κ3) is 3.79. The van der Waals surface area contributed by atoms with Crippen LogP contribution in [0.25, 0.3) is 0 Å². The molecule has 2 amide bonds. The number of benzene rings is 1. The Bertz CT molecular complexity index is 599. The Labute approximate surface area is 119 Å². The van der Waals surface area contributed by atoms with Crippen molar-refractivity contribution in [2.75, 3.05) is 11.9 Å². The second-order valence-electron chi connectivity index (χ2n) is 3.96. The number of carboxylic acids is 1. The first-order valence-electron chi connectivity index (χ1n) is 5.91. The van der Waals surface area contributed by atoms with Crippen LogP contribution in [0.4, 0.5) is 10.5 Å². The van der Waals surface area contributed by atoms with E-state index in [4.69, 9.17) is 5.11 Å². The number of nitrogens with one attached hydrogen (secondary N) is 2. The standard InChI is InChI=1S/C13H13N3O3S/c17-12(18)10-3-1-2-4-11(10)16-13(19)14-6-5-9-7-20-8-15-9/h1-4,7-8H,5-6H2,(H,17,18)(H2,14,16,19). The molecule has 6 nitrogen and oxygen atoms in total. The second-order valence-corrected chi connectivity index (χ2v) is 4.68. The van der Waals surface area contributed by atoms with Gasteiger partial charge in [0.1, 0.15) is 0 Å². The predicted octanol–water partition coefficient (Wildman–Crippen LogP) is 2.21. The molecule has 0 fully saturated rings. The maximum Gasteiger partial charge on any atom is 0.337 e. The molecule has 0 unspecified atom stereocenters. The highest BCUT2D eigenvalue weighted by atomic mass is 32.1. The van der Waals surface area contributed by atoms with Crippen LogP contribution in [0.3, 0.4) is 0 Å². The maximum absolute atomic E-state index is 11.7. The monoisotopic (exact) mass is 291 g/mol. The van der Waals surface area contributed by atoms with Crippen molar-refractivity contribution in [2.24, 2.45) is 0 Å². The molecule has 3 N–H and O–H groups in total. The molecule has 0 bridgehead atoms. The molecule has 0 spiro atoms. The Morgan fingerprint density at radius 3 is 2.80 bits per heavy atom. The lowest BCUT2D eigenvalue weighted by Gasteiger charge is -2.09. The Hall–Kier alpha value is -2.41.